The summed E-state index contributed by atoms with van der Waals surface area (Å²) < 4.78 is 0. The van der Waals surface area contributed by atoms with E-state index in [9.17, 15) is 5.11 Å². The Labute approximate surface area is 110 Å². The van der Waals surface area contributed by atoms with Crippen molar-refractivity contribution in [1.29, 1.82) is 0 Å². The van der Waals surface area contributed by atoms with E-state index < -0.39 is 0 Å². The average Bonchev–Trinajstić information content (AvgIpc) is 2.41. The maximum atomic E-state index is 9.18. The summed E-state index contributed by atoms with van der Waals surface area (Å²) in [7, 11) is 0. The highest BCUT2D eigenvalue weighted by molar-refractivity contribution is 5.14. The highest BCUT2D eigenvalue weighted by Gasteiger charge is 2.16. The number of aliphatic hydroxyl groups is 1. The molecule has 1 fully saturated rings. The lowest BCUT2D eigenvalue weighted by molar-refractivity contribution is 0.168. The summed E-state index contributed by atoms with van der Waals surface area (Å²) >= 11 is 0. The molecule has 18 heavy (non-hydrogen) atoms. The molecule has 0 bridgehead atoms. The van der Waals surface area contributed by atoms with Crippen molar-refractivity contribution in [3.05, 3.63) is 35.9 Å². The largest absolute Gasteiger partial charge is 0.395 e. The molecule has 100 valence electrons. The van der Waals surface area contributed by atoms with Gasteiger partial charge in [-0.3, -0.25) is 4.90 Å². The molecule has 2 N–H and O–H groups in total. The van der Waals surface area contributed by atoms with Gasteiger partial charge in [0.1, 0.15) is 0 Å². The number of benzene rings is 1. The average molecular weight is 248 g/mol. The van der Waals surface area contributed by atoms with Crippen LogP contribution >= 0.6 is 0 Å². The van der Waals surface area contributed by atoms with Gasteiger partial charge in [-0.15, -0.1) is 0 Å². The van der Waals surface area contributed by atoms with Crippen LogP contribution in [0.2, 0.25) is 0 Å². The summed E-state index contributed by atoms with van der Waals surface area (Å²) in [4.78, 5) is 2.35. The van der Waals surface area contributed by atoms with E-state index in [-0.39, 0.29) is 6.61 Å². The minimum atomic E-state index is 0.236. The highest BCUT2D eigenvalue weighted by Crippen LogP contribution is 2.11. The maximum Gasteiger partial charge on any atom is 0.0558 e. The second kappa shape index (κ2) is 7.52. The first-order valence-electron chi connectivity index (χ1n) is 6.99. The second-order valence-electron chi connectivity index (χ2n) is 5.09. The van der Waals surface area contributed by atoms with Gasteiger partial charge in [0, 0.05) is 25.7 Å². The van der Waals surface area contributed by atoms with Gasteiger partial charge < -0.3 is 10.4 Å². The van der Waals surface area contributed by atoms with Gasteiger partial charge in [-0.05, 0) is 24.9 Å². The van der Waals surface area contributed by atoms with Crippen LogP contribution in [0.25, 0.3) is 0 Å². The van der Waals surface area contributed by atoms with Gasteiger partial charge in [-0.2, -0.15) is 0 Å². The van der Waals surface area contributed by atoms with E-state index >= 15 is 0 Å². The number of nitrogens with one attached hydrogen (secondary N) is 1. The third kappa shape index (κ3) is 4.41. The first kappa shape index (κ1) is 13.5. The van der Waals surface area contributed by atoms with Crippen LogP contribution in [0.15, 0.2) is 30.3 Å². The van der Waals surface area contributed by atoms with Crippen LogP contribution in [0, 0.1) is 0 Å². The van der Waals surface area contributed by atoms with E-state index in [0.717, 1.165) is 26.2 Å². The van der Waals surface area contributed by atoms with E-state index in [4.69, 9.17) is 0 Å². The Kier molecular flexibility index (Phi) is 5.65. The molecule has 1 aliphatic heterocycles. The zero-order valence-corrected chi connectivity index (χ0v) is 11.0. The third-order valence-corrected chi connectivity index (χ3v) is 3.56. The number of nitrogens with zero attached hydrogens (tertiary/aromatic N) is 1. The quantitative estimate of drug-likeness (QED) is 0.803. The molecule has 0 saturated carbocycles. The summed E-state index contributed by atoms with van der Waals surface area (Å²) in [5.41, 5.74) is 1.32. The Balaban J connectivity index is 1.86. The summed E-state index contributed by atoms with van der Waals surface area (Å²) in [5.74, 6) is 0. The van der Waals surface area contributed by atoms with Crippen molar-refractivity contribution < 1.29 is 5.11 Å². The number of piperidine rings is 1. The maximum absolute atomic E-state index is 9.18. The van der Waals surface area contributed by atoms with E-state index in [1.807, 2.05) is 6.07 Å². The van der Waals surface area contributed by atoms with Crippen molar-refractivity contribution in [2.24, 2.45) is 0 Å². The SMILES string of the molecule is OCCN(Cc1ccccc1)CC1CCCCN1. The first-order chi connectivity index (χ1) is 8.88. The standard InChI is InChI=1S/C15H24N2O/c18-11-10-17(12-14-6-2-1-3-7-14)13-15-8-4-5-9-16-15/h1-3,6-7,15-16,18H,4-5,8-13H2. The first-order valence-corrected chi connectivity index (χ1v) is 6.99. The van der Waals surface area contributed by atoms with Crippen LogP contribution < -0.4 is 5.32 Å². The molecule has 3 heteroatoms. The van der Waals surface area contributed by atoms with Crippen molar-refractivity contribution in [3.63, 3.8) is 0 Å². The van der Waals surface area contributed by atoms with Crippen LogP contribution in [-0.4, -0.2) is 42.3 Å². The molecular formula is C15H24N2O. The molecule has 0 aromatic heterocycles. The number of hydrogen-bond donors (Lipinski definition) is 2. The van der Waals surface area contributed by atoms with Gasteiger partial charge in [0.2, 0.25) is 0 Å². The second-order valence-corrected chi connectivity index (χ2v) is 5.09. The van der Waals surface area contributed by atoms with Crippen LogP contribution in [0.4, 0.5) is 0 Å². The molecule has 0 spiro atoms. The molecule has 0 aliphatic carbocycles. The minimum Gasteiger partial charge on any atom is -0.395 e. The van der Waals surface area contributed by atoms with Crippen LogP contribution in [0.5, 0.6) is 0 Å². The van der Waals surface area contributed by atoms with E-state index in [1.54, 1.807) is 0 Å². The number of rotatable bonds is 6. The molecule has 2 rings (SSSR count). The summed E-state index contributed by atoms with van der Waals surface area (Å²) in [5, 5.41) is 12.8. The fraction of sp³-hybridized carbons (Fsp3) is 0.600. The van der Waals surface area contributed by atoms with E-state index in [1.165, 1.54) is 24.8 Å². The van der Waals surface area contributed by atoms with Crippen molar-refractivity contribution >= 4 is 0 Å². The molecular weight excluding hydrogens is 224 g/mol. The van der Waals surface area contributed by atoms with Gasteiger partial charge >= 0.3 is 0 Å². The molecule has 0 radical (unpaired) electrons. The zero-order chi connectivity index (χ0) is 12.6. The summed E-state index contributed by atoms with van der Waals surface area (Å²) in [6, 6.07) is 11.1. The molecule has 1 aromatic carbocycles. The molecule has 1 aromatic rings. The predicted molar refractivity (Wildman–Crippen MR) is 74.4 cm³/mol. The topological polar surface area (TPSA) is 35.5 Å². The van der Waals surface area contributed by atoms with Crippen molar-refractivity contribution in [1.82, 2.24) is 10.2 Å². The molecule has 0 amide bonds. The van der Waals surface area contributed by atoms with Gasteiger partial charge in [0.05, 0.1) is 6.61 Å². The van der Waals surface area contributed by atoms with Crippen molar-refractivity contribution in [3.8, 4) is 0 Å². The van der Waals surface area contributed by atoms with Crippen LogP contribution in [0.3, 0.4) is 0 Å². The smallest absolute Gasteiger partial charge is 0.0558 e. The monoisotopic (exact) mass is 248 g/mol. The lowest BCUT2D eigenvalue weighted by Gasteiger charge is -2.30. The molecule has 1 heterocycles. The minimum absolute atomic E-state index is 0.236. The zero-order valence-electron chi connectivity index (χ0n) is 11.0. The highest BCUT2D eigenvalue weighted by atomic mass is 16.3. The normalized spacial score (nSPS) is 20.2. The summed E-state index contributed by atoms with van der Waals surface area (Å²) in [6.07, 6.45) is 3.89. The number of aliphatic hydroxyl groups excluding tert-OH is 1. The van der Waals surface area contributed by atoms with Gasteiger partial charge in [0.15, 0.2) is 0 Å². The van der Waals surface area contributed by atoms with Crippen molar-refractivity contribution in [2.45, 2.75) is 31.8 Å². The lowest BCUT2D eigenvalue weighted by Crippen LogP contribution is -2.44. The lowest BCUT2D eigenvalue weighted by atomic mass is 10.0. The predicted octanol–water partition coefficient (Wildman–Crippen LogP) is 1.62. The third-order valence-electron chi connectivity index (χ3n) is 3.56. The molecule has 1 aliphatic rings. The molecule has 1 atom stereocenters. The Morgan fingerprint density at radius 2 is 2.06 bits per heavy atom. The van der Waals surface area contributed by atoms with E-state index in [0.29, 0.717) is 6.04 Å². The van der Waals surface area contributed by atoms with Gasteiger partial charge in [-0.1, -0.05) is 36.8 Å². The molecule has 3 nitrogen and oxygen atoms in total. The van der Waals surface area contributed by atoms with Crippen molar-refractivity contribution in [2.75, 3.05) is 26.2 Å². The Morgan fingerprint density at radius 1 is 1.22 bits per heavy atom. The Hall–Kier alpha value is -0.900. The van der Waals surface area contributed by atoms with Gasteiger partial charge in [-0.25, -0.2) is 0 Å². The molecule has 1 saturated heterocycles. The Bertz CT molecular complexity index is 323. The van der Waals surface area contributed by atoms with E-state index in [2.05, 4.69) is 34.5 Å². The Morgan fingerprint density at radius 3 is 2.72 bits per heavy atom. The van der Waals surface area contributed by atoms with Crippen LogP contribution in [-0.2, 0) is 6.54 Å². The summed E-state index contributed by atoms with van der Waals surface area (Å²) in [6.45, 7) is 4.10. The fourth-order valence-electron chi connectivity index (χ4n) is 2.61. The van der Waals surface area contributed by atoms with Crippen LogP contribution in [0.1, 0.15) is 24.8 Å². The van der Waals surface area contributed by atoms with Gasteiger partial charge in [0.25, 0.3) is 0 Å². The fourth-order valence-corrected chi connectivity index (χ4v) is 2.61. The number of hydrogen-bond acceptors (Lipinski definition) is 3. The molecule has 1 unspecified atom stereocenters.